The molecule has 0 radical (unpaired) electrons. The van der Waals surface area contributed by atoms with E-state index in [2.05, 4.69) is 10.0 Å². The van der Waals surface area contributed by atoms with Crippen LogP contribution in [-0.2, 0) is 17.1 Å². The summed E-state index contributed by atoms with van der Waals surface area (Å²) in [6, 6.07) is 10.3. The molecule has 0 unspecified atom stereocenters. The molecule has 0 aliphatic heterocycles. The van der Waals surface area contributed by atoms with Gasteiger partial charge in [-0.05, 0) is 43.7 Å². The lowest BCUT2D eigenvalue weighted by Crippen LogP contribution is -2.17. The summed E-state index contributed by atoms with van der Waals surface area (Å²) in [4.78, 5) is 12.3. The van der Waals surface area contributed by atoms with Crippen molar-refractivity contribution in [1.29, 1.82) is 0 Å². The fourth-order valence-corrected chi connectivity index (χ4v) is 3.32. The van der Waals surface area contributed by atoms with E-state index in [4.69, 9.17) is 0 Å². The van der Waals surface area contributed by atoms with E-state index >= 15 is 0 Å². The molecule has 6 nitrogen and oxygen atoms in total. The van der Waals surface area contributed by atoms with Gasteiger partial charge in [0, 0.05) is 18.4 Å². The summed E-state index contributed by atoms with van der Waals surface area (Å²) in [6.45, 7) is 3.72. The average Bonchev–Trinajstić information content (AvgIpc) is 2.78. The Morgan fingerprint density at radius 3 is 2.48 bits per heavy atom. The van der Waals surface area contributed by atoms with Crippen molar-refractivity contribution in [2.24, 2.45) is 7.05 Å². The molecule has 0 spiro atoms. The fourth-order valence-electron chi connectivity index (χ4n) is 2.20. The largest absolute Gasteiger partial charge is 0.344 e. The number of hydrogen-bond donors (Lipinski definition) is 2. The third kappa shape index (κ3) is 4.35. The van der Waals surface area contributed by atoms with Crippen LogP contribution in [0, 0.1) is 6.92 Å². The zero-order chi connectivity index (χ0) is 17.0. The van der Waals surface area contributed by atoms with Crippen LogP contribution in [-0.4, -0.2) is 24.6 Å². The van der Waals surface area contributed by atoms with Gasteiger partial charge in [-0.2, -0.15) is 0 Å². The lowest BCUT2D eigenvalue weighted by molar-refractivity contribution is 0.101. The molecule has 0 atom stereocenters. The summed E-state index contributed by atoms with van der Waals surface area (Å²) in [6.07, 6.45) is 0.540. The molecule has 0 saturated carbocycles. The highest BCUT2D eigenvalue weighted by Crippen LogP contribution is 2.18. The predicted molar refractivity (Wildman–Crippen MR) is 92.2 cm³/mol. The lowest BCUT2D eigenvalue weighted by Gasteiger charge is -2.10. The summed E-state index contributed by atoms with van der Waals surface area (Å²) in [5.74, 6) is -0.180. The SMILES string of the molecule is CCCS(=O)(=O)Nc1cccc(NC(=O)c2ccc(C)n2C)c1. The third-order valence-corrected chi connectivity index (χ3v) is 4.96. The first-order chi connectivity index (χ1) is 10.8. The number of sulfonamides is 1. The summed E-state index contributed by atoms with van der Waals surface area (Å²) >= 11 is 0. The van der Waals surface area contributed by atoms with Crippen molar-refractivity contribution >= 4 is 27.3 Å². The third-order valence-electron chi connectivity index (χ3n) is 3.47. The molecule has 1 amide bonds. The van der Waals surface area contributed by atoms with E-state index in [1.54, 1.807) is 41.8 Å². The number of aryl methyl sites for hydroxylation is 1. The number of amides is 1. The van der Waals surface area contributed by atoms with E-state index in [0.29, 0.717) is 23.5 Å². The van der Waals surface area contributed by atoms with Crippen LogP contribution in [0.2, 0.25) is 0 Å². The van der Waals surface area contributed by atoms with Crippen LogP contribution in [0.25, 0.3) is 0 Å². The van der Waals surface area contributed by atoms with Gasteiger partial charge >= 0.3 is 0 Å². The van der Waals surface area contributed by atoms with Gasteiger partial charge in [0.2, 0.25) is 10.0 Å². The maximum absolute atomic E-state index is 12.3. The van der Waals surface area contributed by atoms with Crippen molar-refractivity contribution in [2.45, 2.75) is 20.3 Å². The number of carbonyl (C=O) groups excluding carboxylic acids is 1. The van der Waals surface area contributed by atoms with Crippen molar-refractivity contribution < 1.29 is 13.2 Å². The van der Waals surface area contributed by atoms with Crippen LogP contribution < -0.4 is 10.0 Å². The molecular formula is C16H21N3O3S. The molecule has 124 valence electrons. The molecule has 0 bridgehead atoms. The van der Waals surface area contributed by atoms with Crippen LogP contribution in [0.15, 0.2) is 36.4 Å². The highest BCUT2D eigenvalue weighted by atomic mass is 32.2. The van der Waals surface area contributed by atoms with E-state index in [9.17, 15) is 13.2 Å². The molecule has 0 aliphatic carbocycles. The quantitative estimate of drug-likeness (QED) is 0.852. The van der Waals surface area contributed by atoms with Gasteiger partial charge in [0.15, 0.2) is 0 Å². The highest BCUT2D eigenvalue weighted by Gasteiger charge is 2.12. The topological polar surface area (TPSA) is 80.2 Å². The van der Waals surface area contributed by atoms with Gasteiger partial charge in [0.1, 0.15) is 5.69 Å². The van der Waals surface area contributed by atoms with Crippen molar-refractivity contribution in [3.05, 3.63) is 47.8 Å². The van der Waals surface area contributed by atoms with E-state index in [-0.39, 0.29) is 11.7 Å². The van der Waals surface area contributed by atoms with Crippen LogP contribution in [0.3, 0.4) is 0 Å². The van der Waals surface area contributed by atoms with E-state index < -0.39 is 10.0 Å². The lowest BCUT2D eigenvalue weighted by atomic mass is 10.2. The predicted octanol–water partition coefficient (Wildman–Crippen LogP) is 2.74. The van der Waals surface area contributed by atoms with Gasteiger partial charge in [0.25, 0.3) is 5.91 Å². The van der Waals surface area contributed by atoms with E-state index in [1.807, 2.05) is 20.0 Å². The standard InChI is InChI=1S/C16H21N3O3S/c1-4-10-23(21,22)18-14-7-5-6-13(11-14)17-16(20)15-9-8-12(2)19(15)3/h5-9,11,18H,4,10H2,1-3H3,(H,17,20). The molecule has 0 saturated heterocycles. The Hall–Kier alpha value is -2.28. The number of nitrogens with zero attached hydrogens (tertiary/aromatic N) is 1. The zero-order valence-electron chi connectivity index (χ0n) is 13.5. The first kappa shape index (κ1) is 17.1. The van der Waals surface area contributed by atoms with E-state index in [1.165, 1.54) is 0 Å². The van der Waals surface area contributed by atoms with Gasteiger partial charge in [-0.3, -0.25) is 9.52 Å². The number of benzene rings is 1. The van der Waals surface area contributed by atoms with Gasteiger partial charge in [-0.25, -0.2) is 8.42 Å². The Kier molecular flexibility index (Phi) is 5.10. The Labute approximate surface area is 136 Å². The maximum Gasteiger partial charge on any atom is 0.272 e. The molecule has 0 fully saturated rings. The van der Waals surface area contributed by atoms with E-state index in [0.717, 1.165) is 5.69 Å². The molecule has 0 aliphatic rings. The van der Waals surface area contributed by atoms with Crippen molar-refractivity contribution in [3.8, 4) is 0 Å². The van der Waals surface area contributed by atoms with Gasteiger partial charge < -0.3 is 9.88 Å². The average molecular weight is 335 g/mol. The van der Waals surface area contributed by atoms with Crippen molar-refractivity contribution in [2.75, 3.05) is 15.8 Å². The summed E-state index contributed by atoms with van der Waals surface area (Å²) in [5.41, 5.74) is 2.49. The molecule has 1 aromatic heterocycles. The van der Waals surface area contributed by atoms with Gasteiger partial charge in [-0.15, -0.1) is 0 Å². The Bertz CT molecular complexity index is 810. The summed E-state index contributed by atoms with van der Waals surface area (Å²) in [7, 11) is -1.53. The maximum atomic E-state index is 12.3. The first-order valence-corrected chi connectivity index (χ1v) is 9.02. The second-order valence-electron chi connectivity index (χ2n) is 5.37. The number of anilines is 2. The molecule has 2 aromatic rings. The second-order valence-corrected chi connectivity index (χ2v) is 7.22. The number of aromatic nitrogens is 1. The molecule has 2 rings (SSSR count). The Morgan fingerprint density at radius 1 is 1.17 bits per heavy atom. The minimum absolute atomic E-state index is 0.0617. The molecular weight excluding hydrogens is 314 g/mol. The Balaban J connectivity index is 2.14. The smallest absolute Gasteiger partial charge is 0.272 e. The van der Waals surface area contributed by atoms with Crippen LogP contribution in [0.1, 0.15) is 29.5 Å². The minimum Gasteiger partial charge on any atom is -0.344 e. The van der Waals surface area contributed by atoms with Crippen LogP contribution in [0.5, 0.6) is 0 Å². The molecule has 1 heterocycles. The first-order valence-electron chi connectivity index (χ1n) is 7.36. The molecule has 2 N–H and O–H groups in total. The van der Waals surface area contributed by atoms with Crippen LogP contribution >= 0.6 is 0 Å². The highest BCUT2D eigenvalue weighted by molar-refractivity contribution is 7.92. The molecule has 23 heavy (non-hydrogen) atoms. The second kappa shape index (κ2) is 6.87. The van der Waals surface area contributed by atoms with Crippen LogP contribution in [0.4, 0.5) is 11.4 Å². The Morgan fingerprint density at radius 2 is 1.87 bits per heavy atom. The fraction of sp³-hybridized carbons (Fsp3) is 0.312. The zero-order valence-corrected chi connectivity index (χ0v) is 14.3. The van der Waals surface area contributed by atoms with Crippen molar-refractivity contribution in [3.63, 3.8) is 0 Å². The monoisotopic (exact) mass is 335 g/mol. The number of nitrogens with one attached hydrogen (secondary N) is 2. The normalized spacial score (nSPS) is 11.3. The van der Waals surface area contributed by atoms with Crippen molar-refractivity contribution in [1.82, 2.24) is 4.57 Å². The van der Waals surface area contributed by atoms with Gasteiger partial charge in [-0.1, -0.05) is 13.0 Å². The number of hydrogen-bond acceptors (Lipinski definition) is 3. The summed E-state index contributed by atoms with van der Waals surface area (Å²) < 4.78 is 27.9. The van der Waals surface area contributed by atoms with Gasteiger partial charge in [0.05, 0.1) is 11.4 Å². The molecule has 1 aromatic carbocycles. The summed E-state index contributed by atoms with van der Waals surface area (Å²) in [5, 5.41) is 2.78. The minimum atomic E-state index is -3.35. The number of carbonyl (C=O) groups is 1. The molecule has 7 heteroatoms. The number of rotatable bonds is 6.